The second-order valence-corrected chi connectivity index (χ2v) is 10.6. The summed E-state index contributed by atoms with van der Waals surface area (Å²) in [5.41, 5.74) is 4.37. The highest BCUT2D eigenvalue weighted by molar-refractivity contribution is 5.96. The van der Waals surface area contributed by atoms with Crippen LogP contribution in [-0.4, -0.2) is 40.7 Å². The molecule has 1 N–H and O–H groups in total. The fraction of sp³-hybridized carbons (Fsp3) is 0.469. The van der Waals surface area contributed by atoms with E-state index in [-0.39, 0.29) is 24.0 Å². The van der Waals surface area contributed by atoms with Crippen LogP contribution in [0.4, 0.5) is 4.39 Å². The van der Waals surface area contributed by atoms with E-state index in [9.17, 15) is 19.1 Å². The van der Waals surface area contributed by atoms with Crippen molar-refractivity contribution >= 4 is 17.6 Å². The molecule has 0 heterocycles. The van der Waals surface area contributed by atoms with Crippen molar-refractivity contribution in [2.45, 2.75) is 80.6 Å². The number of carbonyl (C=O) groups is 2. The number of carbonyl (C=O) groups excluding carboxylic acids is 1. The van der Waals surface area contributed by atoms with Gasteiger partial charge in [0.05, 0.1) is 12.0 Å². The number of carboxylic acids is 1. The molecule has 0 bridgehead atoms. The lowest BCUT2D eigenvalue weighted by Crippen LogP contribution is -2.41. The average molecular weight is 523 g/mol. The molecular weight excluding hydrogens is 479 g/mol. The quantitative estimate of drug-likeness (QED) is 0.167. The van der Waals surface area contributed by atoms with E-state index < -0.39 is 11.4 Å². The van der Waals surface area contributed by atoms with Gasteiger partial charge in [0, 0.05) is 12.3 Å². The minimum Gasteiger partial charge on any atom is -0.477 e. The van der Waals surface area contributed by atoms with Crippen LogP contribution in [0.3, 0.4) is 0 Å². The van der Waals surface area contributed by atoms with E-state index in [0.717, 1.165) is 36.0 Å². The van der Waals surface area contributed by atoms with Crippen molar-refractivity contribution in [3.8, 4) is 0 Å². The molecule has 6 heteroatoms. The van der Waals surface area contributed by atoms with E-state index in [1.54, 1.807) is 31.7 Å². The zero-order chi connectivity index (χ0) is 28.5. The number of aryl methyl sites for hydroxylation is 2. The van der Waals surface area contributed by atoms with Crippen LogP contribution in [-0.2, 0) is 16.0 Å². The van der Waals surface area contributed by atoms with E-state index >= 15 is 0 Å². The second-order valence-electron chi connectivity index (χ2n) is 10.6. The van der Waals surface area contributed by atoms with Crippen molar-refractivity contribution < 1.29 is 19.1 Å². The van der Waals surface area contributed by atoms with Gasteiger partial charge in [-0.25, -0.2) is 14.2 Å². The highest BCUT2D eigenvalue weighted by Crippen LogP contribution is 2.53. The molecule has 1 saturated carbocycles. The number of aliphatic imine (C=N–C) groups is 1. The largest absolute Gasteiger partial charge is 0.477 e. The summed E-state index contributed by atoms with van der Waals surface area (Å²) in [5.74, 6) is -1.30. The maximum absolute atomic E-state index is 14.3. The van der Waals surface area contributed by atoms with Crippen LogP contribution < -0.4 is 0 Å². The molecule has 1 aromatic carbocycles. The first-order chi connectivity index (χ1) is 17.9. The summed E-state index contributed by atoms with van der Waals surface area (Å²) in [7, 11) is 0. The standard InChI is InChI=1S/C32H43FN2O3/c1-8-9-11-23(4)13-15-25(6)32(17-18-32)31(38)35(21-26(7)34-29(22(2)3)30(36)37)19-10-12-27-20-24(5)14-16-28(27)33/h9,11,13-16,20H,8,10,12,17-19,21H2,1-7H3,(H,36,37)/b11-9+,23-13-,25-15+,34-26?. The lowest BCUT2D eigenvalue weighted by molar-refractivity contribution is -0.135. The van der Waals surface area contributed by atoms with Crippen molar-refractivity contribution in [1.29, 1.82) is 0 Å². The smallest absolute Gasteiger partial charge is 0.354 e. The third-order valence-corrected chi connectivity index (χ3v) is 6.89. The summed E-state index contributed by atoms with van der Waals surface area (Å²) >= 11 is 0. The predicted octanol–water partition coefficient (Wildman–Crippen LogP) is 7.37. The number of allylic oxidation sites excluding steroid dienone is 6. The molecule has 1 aliphatic carbocycles. The Labute approximate surface area is 227 Å². The number of nitrogens with zero attached hydrogens (tertiary/aromatic N) is 2. The Balaban J connectivity index is 2.31. The first-order valence-electron chi connectivity index (χ1n) is 13.4. The summed E-state index contributed by atoms with van der Waals surface area (Å²) in [6.45, 7) is 13.9. The zero-order valence-corrected chi connectivity index (χ0v) is 24.0. The molecule has 1 aliphatic rings. The first-order valence-corrected chi connectivity index (χ1v) is 13.4. The van der Waals surface area contributed by atoms with Gasteiger partial charge in [0.2, 0.25) is 5.91 Å². The van der Waals surface area contributed by atoms with Gasteiger partial charge in [0.15, 0.2) is 0 Å². The molecule has 1 amide bonds. The SMILES string of the molecule is CC/C=C/C(C)=C\C=C(/C)C1(C(=O)N(CCCc2cc(C)ccc2F)CC(C)=NC(C(=O)O)=C(C)C)CC1. The molecule has 0 spiro atoms. The number of rotatable bonds is 13. The molecule has 2 rings (SSSR count). The molecule has 0 aromatic heterocycles. The number of amides is 1. The number of halogens is 1. The fourth-order valence-electron chi connectivity index (χ4n) is 4.46. The highest BCUT2D eigenvalue weighted by Gasteiger charge is 2.52. The van der Waals surface area contributed by atoms with Crippen LogP contribution in [0.15, 0.2) is 69.9 Å². The van der Waals surface area contributed by atoms with Crippen LogP contribution in [0, 0.1) is 18.2 Å². The third kappa shape index (κ3) is 8.64. The number of hydrogen-bond donors (Lipinski definition) is 1. The Kier molecular flexibility index (Phi) is 11.4. The zero-order valence-electron chi connectivity index (χ0n) is 24.0. The predicted molar refractivity (Wildman–Crippen MR) is 154 cm³/mol. The van der Waals surface area contributed by atoms with Crippen LogP contribution >= 0.6 is 0 Å². The molecule has 0 unspecified atom stereocenters. The monoisotopic (exact) mass is 522 g/mol. The van der Waals surface area contributed by atoms with Crippen LogP contribution in [0.1, 0.15) is 78.4 Å². The van der Waals surface area contributed by atoms with Gasteiger partial charge in [-0.05, 0) is 90.8 Å². The molecule has 1 fully saturated rings. The Morgan fingerprint density at radius 1 is 1.13 bits per heavy atom. The average Bonchev–Trinajstić information content (AvgIpc) is 3.67. The van der Waals surface area contributed by atoms with Gasteiger partial charge in [0.1, 0.15) is 11.5 Å². The van der Waals surface area contributed by atoms with Gasteiger partial charge in [-0.15, -0.1) is 0 Å². The Bertz CT molecular complexity index is 1180. The minimum atomic E-state index is -1.09. The van der Waals surface area contributed by atoms with E-state index in [4.69, 9.17) is 0 Å². The molecule has 5 nitrogen and oxygen atoms in total. The first kappa shape index (κ1) is 30.9. The van der Waals surface area contributed by atoms with E-state index in [1.165, 1.54) is 6.07 Å². The van der Waals surface area contributed by atoms with E-state index in [0.29, 0.717) is 36.2 Å². The van der Waals surface area contributed by atoms with E-state index in [1.807, 2.05) is 39.0 Å². The van der Waals surface area contributed by atoms with Gasteiger partial charge < -0.3 is 10.0 Å². The lowest BCUT2D eigenvalue weighted by Gasteiger charge is -2.28. The van der Waals surface area contributed by atoms with Gasteiger partial charge in [-0.1, -0.05) is 60.1 Å². The molecular formula is C32H43FN2O3. The summed E-state index contributed by atoms with van der Waals surface area (Å²) in [4.78, 5) is 31.7. The summed E-state index contributed by atoms with van der Waals surface area (Å²) in [6, 6.07) is 5.08. The summed E-state index contributed by atoms with van der Waals surface area (Å²) in [5, 5.41) is 9.52. The molecule has 0 radical (unpaired) electrons. The number of carboxylic acid groups (broad SMARTS) is 1. The summed E-state index contributed by atoms with van der Waals surface area (Å²) < 4.78 is 14.3. The van der Waals surface area contributed by atoms with Crippen LogP contribution in [0.2, 0.25) is 0 Å². The van der Waals surface area contributed by atoms with Crippen molar-refractivity contribution in [2.75, 3.05) is 13.1 Å². The molecule has 1 aromatic rings. The van der Waals surface area contributed by atoms with Crippen molar-refractivity contribution in [3.63, 3.8) is 0 Å². The molecule has 0 aliphatic heterocycles. The molecule has 0 saturated heterocycles. The maximum atomic E-state index is 14.3. The van der Waals surface area contributed by atoms with Crippen LogP contribution in [0.5, 0.6) is 0 Å². The van der Waals surface area contributed by atoms with Crippen molar-refractivity contribution in [1.82, 2.24) is 4.90 Å². The molecule has 38 heavy (non-hydrogen) atoms. The normalized spacial score (nSPS) is 15.5. The molecule has 206 valence electrons. The van der Waals surface area contributed by atoms with E-state index in [2.05, 4.69) is 24.1 Å². The molecule has 0 atom stereocenters. The van der Waals surface area contributed by atoms with Crippen LogP contribution in [0.25, 0.3) is 0 Å². The lowest BCUT2D eigenvalue weighted by atomic mass is 9.94. The Hall–Kier alpha value is -3.28. The number of benzene rings is 1. The van der Waals surface area contributed by atoms with Gasteiger partial charge in [-0.3, -0.25) is 4.79 Å². The second kappa shape index (κ2) is 14.0. The van der Waals surface area contributed by atoms with Gasteiger partial charge in [-0.2, -0.15) is 0 Å². The minimum absolute atomic E-state index is 0.00492. The topological polar surface area (TPSA) is 70.0 Å². The van der Waals surface area contributed by atoms with Gasteiger partial charge in [0.25, 0.3) is 0 Å². The van der Waals surface area contributed by atoms with Crippen molar-refractivity contribution in [2.24, 2.45) is 10.4 Å². The summed E-state index contributed by atoms with van der Waals surface area (Å²) in [6.07, 6.45) is 11.9. The highest BCUT2D eigenvalue weighted by atomic mass is 19.1. The number of hydrogen-bond acceptors (Lipinski definition) is 3. The third-order valence-electron chi connectivity index (χ3n) is 6.89. The Morgan fingerprint density at radius 2 is 1.82 bits per heavy atom. The van der Waals surface area contributed by atoms with Gasteiger partial charge >= 0.3 is 5.97 Å². The fourth-order valence-corrected chi connectivity index (χ4v) is 4.46. The van der Waals surface area contributed by atoms with Crippen molar-refractivity contribution in [3.05, 3.63) is 81.9 Å². The maximum Gasteiger partial charge on any atom is 0.354 e. The number of aliphatic carboxylic acids is 1. The Morgan fingerprint density at radius 3 is 2.39 bits per heavy atom.